The Morgan fingerprint density at radius 3 is 2.93 bits per heavy atom. The monoisotopic (exact) mass is 400 g/mol. The van der Waals surface area contributed by atoms with Crippen LogP contribution in [0, 0.1) is 0 Å². The molecule has 0 unspecified atom stereocenters. The maximum Gasteiger partial charge on any atom is 0.243 e. The molecule has 0 atom stereocenters. The summed E-state index contributed by atoms with van der Waals surface area (Å²) >= 11 is 1.29. The minimum atomic E-state index is -0.286. The van der Waals surface area contributed by atoms with Gasteiger partial charge in [-0.1, -0.05) is 17.8 Å². The van der Waals surface area contributed by atoms with Gasteiger partial charge in [-0.15, -0.1) is 0 Å². The van der Waals surface area contributed by atoms with Crippen molar-refractivity contribution in [1.82, 2.24) is 24.6 Å². The molecule has 2 aromatic heterocycles. The van der Waals surface area contributed by atoms with E-state index in [1.807, 2.05) is 0 Å². The third-order valence-corrected chi connectivity index (χ3v) is 4.98. The van der Waals surface area contributed by atoms with Crippen LogP contribution in [0.5, 0.6) is 5.75 Å². The van der Waals surface area contributed by atoms with E-state index in [9.17, 15) is 9.59 Å². The Morgan fingerprint density at radius 2 is 2.14 bits per heavy atom. The van der Waals surface area contributed by atoms with Crippen molar-refractivity contribution >= 4 is 40.3 Å². The van der Waals surface area contributed by atoms with E-state index in [1.165, 1.54) is 23.0 Å². The number of benzene rings is 1. The van der Waals surface area contributed by atoms with Crippen LogP contribution in [0.25, 0.3) is 11.0 Å². The summed E-state index contributed by atoms with van der Waals surface area (Å²) in [7, 11) is 4.94. The third-order valence-electron chi connectivity index (χ3n) is 3.99. The number of rotatable bonds is 7. The van der Waals surface area contributed by atoms with Crippen LogP contribution in [0.4, 0.5) is 5.69 Å². The van der Waals surface area contributed by atoms with Crippen LogP contribution in [-0.4, -0.2) is 62.9 Å². The molecule has 0 saturated carbocycles. The van der Waals surface area contributed by atoms with E-state index in [1.54, 1.807) is 56.3 Å². The van der Waals surface area contributed by atoms with Crippen LogP contribution in [0.15, 0.2) is 41.8 Å². The van der Waals surface area contributed by atoms with E-state index >= 15 is 0 Å². The van der Waals surface area contributed by atoms with Crippen LogP contribution < -0.4 is 10.1 Å². The number of aryl methyl sites for hydroxylation is 1. The van der Waals surface area contributed by atoms with Crippen molar-refractivity contribution in [1.29, 1.82) is 0 Å². The molecule has 1 aromatic carbocycles. The first kappa shape index (κ1) is 19.6. The van der Waals surface area contributed by atoms with E-state index in [0.717, 1.165) is 5.39 Å². The van der Waals surface area contributed by atoms with E-state index < -0.39 is 0 Å². The fourth-order valence-electron chi connectivity index (χ4n) is 2.50. The lowest BCUT2D eigenvalue weighted by atomic mass is 10.3. The predicted molar refractivity (Wildman–Crippen MR) is 106 cm³/mol. The number of nitrogens with zero attached hydrogens (tertiary/aromatic N) is 5. The third kappa shape index (κ3) is 4.58. The predicted octanol–water partition coefficient (Wildman–Crippen LogP) is 1.56. The average Bonchev–Trinajstić information content (AvgIpc) is 3.07. The fraction of sp³-hybridized carbons (Fsp3) is 0.278. The van der Waals surface area contributed by atoms with Crippen molar-refractivity contribution in [2.24, 2.45) is 7.05 Å². The molecule has 28 heavy (non-hydrogen) atoms. The lowest BCUT2D eigenvalue weighted by Crippen LogP contribution is -2.35. The Bertz CT molecular complexity index is 1010. The molecule has 0 aliphatic rings. The second-order valence-electron chi connectivity index (χ2n) is 6.00. The first-order valence-corrected chi connectivity index (χ1v) is 9.40. The number of carbonyl (C=O) groups excluding carboxylic acids is 2. The molecule has 2 heterocycles. The molecule has 0 aliphatic carbocycles. The molecular weight excluding hydrogens is 380 g/mol. The second-order valence-corrected chi connectivity index (χ2v) is 6.97. The summed E-state index contributed by atoms with van der Waals surface area (Å²) in [5, 5.41) is 8.38. The lowest BCUT2D eigenvalue weighted by Gasteiger charge is -2.16. The SMILES string of the molecule is COc1cccc(NC(=O)CN(C)C(=O)CSc2ncnc3c2cnn3C)c1. The van der Waals surface area contributed by atoms with Gasteiger partial charge in [0.15, 0.2) is 5.65 Å². The van der Waals surface area contributed by atoms with Crippen molar-refractivity contribution in [3.8, 4) is 5.75 Å². The van der Waals surface area contributed by atoms with Crippen LogP contribution in [-0.2, 0) is 16.6 Å². The van der Waals surface area contributed by atoms with E-state index in [4.69, 9.17) is 4.74 Å². The van der Waals surface area contributed by atoms with E-state index in [-0.39, 0.29) is 24.1 Å². The quantitative estimate of drug-likeness (QED) is 0.474. The van der Waals surface area contributed by atoms with Crippen molar-refractivity contribution in [3.63, 3.8) is 0 Å². The number of fused-ring (bicyclic) bond motifs is 1. The normalized spacial score (nSPS) is 10.7. The number of ether oxygens (including phenoxy) is 1. The number of thioether (sulfide) groups is 1. The van der Waals surface area contributed by atoms with Gasteiger partial charge in [-0.05, 0) is 12.1 Å². The maximum absolute atomic E-state index is 12.4. The number of aromatic nitrogens is 4. The Morgan fingerprint density at radius 1 is 1.32 bits per heavy atom. The molecule has 3 aromatic rings. The molecule has 0 aliphatic heterocycles. The summed E-state index contributed by atoms with van der Waals surface area (Å²) in [6.07, 6.45) is 3.12. The molecule has 3 rings (SSSR count). The molecule has 9 nitrogen and oxygen atoms in total. The Labute approximate surface area is 166 Å². The summed E-state index contributed by atoms with van der Waals surface area (Å²) < 4.78 is 6.78. The zero-order valence-electron chi connectivity index (χ0n) is 15.7. The molecule has 0 spiro atoms. The first-order valence-electron chi connectivity index (χ1n) is 8.41. The van der Waals surface area contributed by atoms with Gasteiger partial charge < -0.3 is 15.0 Å². The number of likely N-dealkylation sites (N-methyl/N-ethyl adjacent to an activating group) is 1. The summed E-state index contributed by atoms with van der Waals surface area (Å²) in [6, 6.07) is 7.03. The number of hydrogen-bond acceptors (Lipinski definition) is 7. The highest BCUT2D eigenvalue weighted by Gasteiger charge is 2.16. The van der Waals surface area contributed by atoms with Crippen LogP contribution in [0.1, 0.15) is 0 Å². The van der Waals surface area contributed by atoms with Crippen molar-refractivity contribution in [2.75, 3.05) is 31.8 Å². The van der Waals surface area contributed by atoms with Crippen molar-refractivity contribution in [2.45, 2.75) is 5.03 Å². The van der Waals surface area contributed by atoms with Crippen LogP contribution in [0.3, 0.4) is 0 Å². The minimum absolute atomic E-state index is 0.0529. The molecule has 0 fully saturated rings. The minimum Gasteiger partial charge on any atom is -0.497 e. The van der Waals surface area contributed by atoms with Gasteiger partial charge in [0.2, 0.25) is 11.8 Å². The van der Waals surface area contributed by atoms with Gasteiger partial charge in [0.25, 0.3) is 0 Å². The highest BCUT2D eigenvalue weighted by Crippen LogP contribution is 2.24. The Hall–Kier alpha value is -3.14. The van der Waals surface area contributed by atoms with E-state index in [2.05, 4.69) is 20.4 Å². The maximum atomic E-state index is 12.4. The highest BCUT2D eigenvalue weighted by atomic mass is 32.2. The van der Waals surface area contributed by atoms with Crippen molar-refractivity contribution in [3.05, 3.63) is 36.8 Å². The molecular formula is C18H20N6O3S. The average molecular weight is 400 g/mol. The topological polar surface area (TPSA) is 102 Å². The second kappa shape index (κ2) is 8.70. The molecule has 0 radical (unpaired) electrons. The number of anilines is 1. The number of methoxy groups -OCH3 is 1. The zero-order chi connectivity index (χ0) is 20.1. The molecule has 2 amide bonds. The lowest BCUT2D eigenvalue weighted by molar-refractivity contribution is -0.131. The summed E-state index contributed by atoms with van der Waals surface area (Å²) in [5.74, 6) is 0.335. The number of amides is 2. The number of nitrogens with one attached hydrogen (secondary N) is 1. The van der Waals surface area contributed by atoms with E-state index in [0.29, 0.717) is 22.1 Å². The first-order chi connectivity index (χ1) is 13.5. The standard InChI is InChI=1S/C18H20N6O3S/c1-23(9-15(25)22-12-5-4-6-13(7-12)27-3)16(26)10-28-18-14-8-21-24(2)17(14)19-11-20-18/h4-8,11H,9-10H2,1-3H3,(H,22,25). The highest BCUT2D eigenvalue weighted by molar-refractivity contribution is 8.00. The molecule has 1 N–H and O–H groups in total. The van der Waals surface area contributed by atoms with Gasteiger partial charge in [0.1, 0.15) is 17.1 Å². The van der Waals surface area contributed by atoms with Gasteiger partial charge in [-0.25, -0.2) is 9.97 Å². The molecule has 10 heteroatoms. The van der Waals surface area contributed by atoms with Gasteiger partial charge in [-0.3, -0.25) is 14.3 Å². The largest absolute Gasteiger partial charge is 0.497 e. The van der Waals surface area contributed by atoms with Crippen LogP contribution >= 0.6 is 11.8 Å². The van der Waals surface area contributed by atoms with Gasteiger partial charge in [0.05, 0.1) is 31.0 Å². The molecule has 146 valence electrons. The van der Waals surface area contributed by atoms with Gasteiger partial charge in [0, 0.05) is 25.8 Å². The summed E-state index contributed by atoms with van der Waals surface area (Å²) in [5.41, 5.74) is 1.32. The Kier molecular flexibility index (Phi) is 6.09. The van der Waals surface area contributed by atoms with Crippen LogP contribution in [0.2, 0.25) is 0 Å². The Balaban J connectivity index is 1.54. The zero-order valence-corrected chi connectivity index (χ0v) is 16.6. The smallest absolute Gasteiger partial charge is 0.243 e. The fourth-order valence-corrected chi connectivity index (χ4v) is 3.40. The summed E-state index contributed by atoms with van der Waals surface area (Å²) in [4.78, 5) is 34.4. The van der Waals surface area contributed by atoms with Gasteiger partial charge in [-0.2, -0.15) is 5.10 Å². The van der Waals surface area contributed by atoms with Crippen molar-refractivity contribution < 1.29 is 14.3 Å². The summed E-state index contributed by atoms with van der Waals surface area (Å²) in [6.45, 7) is -0.0529. The molecule has 0 saturated heterocycles. The van der Waals surface area contributed by atoms with Gasteiger partial charge >= 0.3 is 0 Å². The number of hydrogen-bond donors (Lipinski definition) is 1. The molecule has 0 bridgehead atoms. The number of carbonyl (C=O) groups is 2.